The number of aliphatic carboxylic acids is 1. The molecular formula is C23H29ClN4O4. The highest BCUT2D eigenvalue weighted by Gasteiger charge is 2.13. The highest BCUT2D eigenvalue weighted by Crippen LogP contribution is 2.23. The van der Waals surface area contributed by atoms with E-state index in [9.17, 15) is 9.59 Å². The highest BCUT2D eigenvalue weighted by atomic mass is 35.5. The van der Waals surface area contributed by atoms with Crippen molar-refractivity contribution in [1.82, 2.24) is 10.6 Å². The van der Waals surface area contributed by atoms with Crippen molar-refractivity contribution in [2.45, 2.75) is 40.3 Å². The molecule has 0 aliphatic rings. The number of hydrogen-bond acceptors (Lipinski definition) is 4. The number of carbonyl (C=O) groups is 2. The first kappa shape index (κ1) is 25.0. The maximum Gasteiger partial charge on any atom is 0.321 e. The number of carboxylic acids is 1. The van der Waals surface area contributed by atoms with Crippen LogP contribution in [-0.4, -0.2) is 35.7 Å². The zero-order chi connectivity index (χ0) is 23.7. The third kappa shape index (κ3) is 8.47. The molecule has 32 heavy (non-hydrogen) atoms. The van der Waals surface area contributed by atoms with Gasteiger partial charge in [-0.25, -0.2) is 9.79 Å². The summed E-state index contributed by atoms with van der Waals surface area (Å²) in [5.41, 5.74) is 2.56. The standard InChI is InChI=1S/C23H29ClN4O4/c1-14(2)32-20-10-9-19(11-15(20)3)27-22(25-13-17-5-7-18(24)8-6-17)28-23(31)26-12-16(4)21(29)30/h5-11,14,16H,12-13H2,1-4H3,(H,29,30)(H3,25,26,27,28,31)/t16-/m0/s1. The van der Waals surface area contributed by atoms with E-state index in [2.05, 4.69) is 20.9 Å². The highest BCUT2D eigenvalue weighted by molar-refractivity contribution is 6.30. The summed E-state index contributed by atoms with van der Waals surface area (Å²) in [5.74, 6) is -0.700. The van der Waals surface area contributed by atoms with E-state index >= 15 is 0 Å². The van der Waals surface area contributed by atoms with E-state index in [0.717, 1.165) is 16.9 Å². The Labute approximate surface area is 193 Å². The molecule has 0 aliphatic heterocycles. The number of amides is 2. The average Bonchev–Trinajstić information content (AvgIpc) is 2.73. The summed E-state index contributed by atoms with van der Waals surface area (Å²) in [5, 5.41) is 17.9. The Morgan fingerprint density at radius 2 is 1.81 bits per heavy atom. The lowest BCUT2D eigenvalue weighted by molar-refractivity contribution is -0.140. The largest absolute Gasteiger partial charge is 0.491 e. The Balaban J connectivity index is 2.14. The molecule has 0 spiro atoms. The summed E-state index contributed by atoms with van der Waals surface area (Å²) in [4.78, 5) is 27.7. The van der Waals surface area contributed by atoms with Gasteiger partial charge < -0.3 is 20.5 Å². The van der Waals surface area contributed by atoms with Crippen molar-refractivity contribution in [2.75, 3.05) is 11.9 Å². The van der Waals surface area contributed by atoms with Gasteiger partial charge in [0.1, 0.15) is 5.75 Å². The molecule has 4 N–H and O–H groups in total. The van der Waals surface area contributed by atoms with Crippen molar-refractivity contribution in [3.63, 3.8) is 0 Å². The van der Waals surface area contributed by atoms with Gasteiger partial charge in [-0.1, -0.05) is 30.7 Å². The number of carboxylic acid groups (broad SMARTS) is 1. The van der Waals surface area contributed by atoms with E-state index in [-0.39, 0.29) is 18.6 Å². The number of anilines is 1. The van der Waals surface area contributed by atoms with Crippen LogP contribution in [0.2, 0.25) is 5.02 Å². The van der Waals surface area contributed by atoms with Crippen LogP contribution in [0.4, 0.5) is 10.5 Å². The van der Waals surface area contributed by atoms with Crippen molar-refractivity contribution in [1.29, 1.82) is 0 Å². The Morgan fingerprint density at radius 3 is 2.41 bits per heavy atom. The van der Waals surface area contributed by atoms with E-state index in [0.29, 0.717) is 17.3 Å². The first-order chi connectivity index (χ1) is 15.1. The molecule has 0 fully saturated rings. The number of urea groups is 1. The summed E-state index contributed by atoms with van der Waals surface area (Å²) in [7, 11) is 0. The first-order valence-electron chi connectivity index (χ1n) is 10.2. The molecule has 2 aromatic rings. The quantitative estimate of drug-likeness (QED) is 0.344. The van der Waals surface area contributed by atoms with E-state index in [1.54, 1.807) is 12.1 Å². The maximum absolute atomic E-state index is 12.3. The summed E-state index contributed by atoms with van der Waals surface area (Å²) >= 11 is 5.93. The number of aryl methyl sites for hydroxylation is 1. The lowest BCUT2D eigenvalue weighted by Crippen LogP contribution is -2.44. The molecule has 2 rings (SSSR count). The minimum absolute atomic E-state index is 0.00796. The van der Waals surface area contributed by atoms with Crippen molar-refractivity contribution in [3.8, 4) is 5.75 Å². The molecule has 0 bridgehead atoms. The van der Waals surface area contributed by atoms with E-state index in [4.69, 9.17) is 21.4 Å². The molecule has 0 saturated heterocycles. The Hall–Kier alpha value is -3.26. The van der Waals surface area contributed by atoms with Crippen LogP contribution in [0, 0.1) is 12.8 Å². The smallest absolute Gasteiger partial charge is 0.321 e. The molecular weight excluding hydrogens is 432 g/mol. The van der Waals surface area contributed by atoms with E-state index in [1.165, 1.54) is 6.92 Å². The van der Waals surface area contributed by atoms with Crippen LogP contribution in [0.25, 0.3) is 0 Å². The van der Waals surface area contributed by atoms with Crippen molar-refractivity contribution >= 4 is 35.2 Å². The lowest BCUT2D eigenvalue weighted by atomic mass is 10.2. The van der Waals surface area contributed by atoms with Crippen LogP contribution < -0.4 is 20.7 Å². The van der Waals surface area contributed by atoms with Gasteiger partial charge in [-0.2, -0.15) is 0 Å². The SMILES string of the molecule is Cc1cc(NC(=NCc2ccc(Cl)cc2)NC(=O)NC[C@H](C)C(=O)O)ccc1OC(C)C. The predicted molar refractivity (Wildman–Crippen MR) is 126 cm³/mol. The second-order valence-electron chi connectivity index (χ2n) is 7.64. The first-order valence-corrected chi connectivity index (χ1v) is 10.6. The number of nitrogens with one attached hydrogen (secondary N) is 3. The normalized spacial score (nSPS) is 12.2. The van der Waals surface area contributed by atoms with Gasteiger partial charge in [0.2, 0.25) is 5.96 Å². The fourth-order valence-corrected chi connectivity index (χ4v) is 2.73. The lowest BCUT2D eigenvalue weighted by Gasteiger charge is -2.16. The maximum atomic E-state index is 12.3. The molecule has 2 aromatic carbocycles. The van der Waals surface area contributed by atoms with Crippen molar-refractivity contribution < 1.29 is 19.4 Å². The zero-order valence-corrected chi connectivity index (χ0v) is 19.4. The fraction of sp³-hybridized carbons (Fsp3) is 0.348. The van der Waals surface area contributed by atoms with Crippen molar-refractivity contribution in [2.24, 2.45) is 10.9 Å². The van der Waals surface area contributed by atoms with E-state index in [1.807, 2.05) is 51.1 Å². The average molecular weight is 461 g/mol. The van der Waals surface area contributed by atoms with Crippen molar-refractivity contribution in [3.05, 3.63) is 58.6 Å². The molecule has 2 amide bonds. The number of carbonyl (C=O) groups excluding carboxylic acids is 1. The van der Waals surface area contributed by atoms with Crippen LogP contribution in [-0.2, 0) is 11.3 Å². The summed E-state index contributed by atoms with van der Waals surface area (Å²) in [6, 6.07) is 12.2. The predicted octanol–water partition coefficient (Wildman–Crippen LogP) is 4.42. The van der Waals surface area contributed by atoms with E-state index < -0.39 is 17.9 Å². The number of rotatable bonds is 8. The van der Waals surface area contributed by atoms with Gasteiger partial charge >= 0.3 is 12.0 Å². The number of aliphatic imine (C=N–C) groups is 1. The molecule has 0 radical (unpaired) electrons. The minimum Gasteiger partial charge on any atom is -0.491 e. The van der Waals surface area contributed by atoms with Gasteiger partial charge in [0.25, 0.3) is 0 Å². The summed E-state index contributed by atoms with van der Waals surface area (Å²) in [6.07, 6.45) is 0.0579. The van der Waals surface area contributed by atoms with Crippen LogP contribution in [0.1, 0.15) is 31.9 Å². The summed E-state index contributed by atoms with van der Waals surface area (Å²) < 4.78 is 5.76. The molecule has 8 nitrogen and oxygen atoms in total. The van der Waals surface area contributed by atoms with Crippen LogP contribution in [0.15, 0.2) is 47.5 Å². The molecule has 9 heteroatoms. The molecule has 0 heterocycles. The molecule has 0 saturated carbocycles. The van der Waals surface area contributed by atoms with Crippen LogP contribution in [0.3, 0.4) is 0 Å². The second kappa shape index (κ2) is 12.0. The molecule has 172 valence electrons. The monoisotopic (exact) mass is 460 g/mol. The molecule has 1 atom stereocenters. The fourth-order valence-electron chi connectivity index (χ4n) is 2.61. The number of ether oxygens (including phenoxy) is 1. The van der Waals surface area contributed by atoms with Gasteiger partial charge in [0.05, 0.1) is 18.6 Å². The minimum atomic E-state index is -0.987. The van der Waals surface area contributed by atoms with Gasteiger partial charge in [-0.05, 0) is 62.2 Å². The Kier molecular flexibility index (Phi) is 9.34. The summed E-state index contributed by atoms with van der Waals surface area (Å²) in [6.45, 7) is 7.66. The van der Waals surface area contributed by atoms with Crippen LogP contribution >= 0.6 is 11.6 Å². The second-order valence-corrected chi connectivity index (χ2v) is 8.07. The number of halogens is 1. The number of hydrogen-bond donors (Lipinski definition) is 4. The number of nitrogens with zero attached hydrogens (tertiary/aromatic N) is 1. The van der Waals surface area contributed by atoms with Gasteiger partial charge in [0.15, 0.2) is 0 Å². The van der Waals surface area contributed by atoms with Gasteiger partial charge in [0, 0.05) is 17.3 Å². The van der Waals surface area contributed by atoms with Gasteiger partial charge in [-0.3, -0.25) is 10.1 Å². The topological polar surface area (TPSA) is 112 Å². The molecule has 0 unspecified atom stereocenters. The Bertz CT molecular complexity index is 961. The zero-order valence-electron chi connectivity index (χ0n) is 18.6. The third-order valence-electron chi connectivity index (χ3n) is 4.36. The third-order valence-corrected chi connectivity index (χ3v) is 4.61. The molecule has 0 aliphatic carbocycles. The number of benzene rings is 2. The van der Waals surface area contributed by atoms with Crippen LogP contribution in [0.5, 0.6) is 5.75 Å². The molecule has 0 aromatic heterocycles. The van der Waals surface area contributed by atoms with Gasteiger partial charge in [-0.15, -0.1) is 0 Å². The number of guanidine groups is 1. The Morgan fingerprint density at radius 1 is 1.12 bits per heavy atom.